The van der Waals surface area contributed by atoms with E-state index in [1.807, 2.05) is 61.7 Å². The van der Waals surface area contributed by atoms with Crippen molar-refractivity contribution in [1.29, 1.82) is 0 Å². The van der Waals surface area contributed by atoms with E-state index < -0.39 is 0 Å². The molecule has 2 heterocycles. The predicted molar refractivity (Wildman–Crippen MR) is 99.6 cm³/mol. The first-order valence-corrected chi connectivity index (χ1v) is 9.18. The van der Waals surface area contributed by atoms with Crippen molar-refractivity contribution >= 4 is 45.6 Å². The molecule has 0 aliphatic carbocycles. The molecule has 0 radical (unpaired) electrons. The number of benzene rings is 1. The van der Waals surface area contributed by atoms with E-state index >= 15 is 0 Å². The Morgan fingerprint density at radius 2 is 2.00 bits per heavy atom. The second-order valence-electron chi connectivity index (χ2n) is 5.07. The molecule has 0 bridgehead atoms. The van der Waals surface area contributed by atoms with Gasteiger partial charge in [-0.1, -0.05) is 43.0 Å². The number of carbonyl (C=O) groups excluding carboxylic acids is 1. The van der Waals surface area contributed by atoms with Gasteiger partial charge in [0.1, 0.15) is 0 Å². The van der Waals surface area contributed by atoms with Crippen molar-refractivity contribution < 1.29 is 4.79 Å². The average molecular weight is 343 g/mol. The summed E-state index contributed by atoms with van der Waals surface area (Å²) in [7, 11) is 0. The van der Waals surface area contributed by atoms with Crippen molar-refractivity contribution in [2.24, 2.45) is 10.2 Å². The van der Waals surface area contributed by atoms with Crippen LogP contribution >= 0.6 is 23.1 Å². The Labute approximate surface area is 143 Å². The number of para-hydroxylation sites is 1. The summed E-state index contributed by atoms with van der Waals surface area (Å²) in [4.78, 5) is 15.4. The van der Waals surface area contributed by atoms with Crippen LogP contribution in [-0.2, 0) is 4.79 Å². The van der Waals surface area contributed by atoms with Gasteiger partial charge in [0.25, 0.3) is 0 Å². The van der Waals surface area contributed by atoms with E-state index in [9.17, 15) is 4.79 Å². The lowest BCUT2D eigenvalue weighted by molar-refractivity contribution is -0.116. The van der Waals surface area contributed by atoms with Crippen molar-refractivity contribution in [3.05, 3.63) is 52.7 Å². The SMILES string of the molecule is CCC1S/C(=N\N=C(/C)c2cccs2)N(c2ccccc2)C1=O. The first-order chi connectivity index (χ1) is 11.2. The lowest BCUT2D eigenvalue weighted by Gasteiger charge is -2.15. The summed E-state index contributed by atoms with van der Waals surface area (Å²) < 4.78 is 0. The monoisotopic (exact) mass is 343 g/mol. The van der Waals surface area contributed by atoms with Gasteiger partial charge in [-0.15, -0.1) is 16.4 Å². The van der Waals surface area contributed by atoms with Crippen LogP contribution in [0.1, 0.15) is 25.1 Å². The summed E-state index contributed by atoms with van der Waals surface area (Å²) in [6.45, 7) is 3.95. The van der Waals surface area contributed by atoms with E-state index in [0.717, 1.165) is 22.7 Å². The highest BCUT2D eigenvalue weighted by Gasteiger charge is 2.38. The van der Waals surface area contributed by atoms with Crippen molar-refractivity contribution in [1.82, 2.24) is 0 Å². The van der Waals surface area contributed by atoms with E-state index in [2.05, 4.69) is 10.2 Å². The van der Waals surface area contributed by atoms with Gasteiger partial charge in [0.05, 0.1) is 21.5 Å². The Kier molecular flexibility index (Phi) is 4.93. The Bertz CT molecular complexity index is 738. The highest BCUT2D eigenvalue weighted by atomic mass is 32.2. The molecule has 118 valence electrons. The quantitative estimate of drug-likeness (QED) is 0.610. The average Bonchev–Trinajstić information content (AvgIpc) is 3.21. The van der Waals surface area contributed by atoms with Gasteiger partial charge >= 0.3 is 0 Å². The highest BCUT2D eigenvalue weighted by Crippen LogP contribution is 2.33. The number of rotatable bonds is 4. The molecule has 3 rings (SSSR count). The van der Waals surface area contributed by atoms with E-state index in [4.69, 9.17) is 0 Å². The van der Waals surface area contributed by atoms with Crippen LogP contribution in [0.5, 0.6) is 0 Å². The lowest BCUT2D eigenvalue weighted by atomic mass is 10.2. The zero-order chi connectivity index (χ0) is 16.2. The van der Waals surface area contributed by atoms with Gasteiger partial charge in [-0.3, -0.25) is 9.69 Å². The smallest absolute Gasteiger partial charge is 0.246 e. The van der Waals surface area contributed by atoms with Crippen LogP contribution < -0.4 is 4.90 Å². The van der Waals surface area contributed by atoms with E-state index in [0.29, 0.717) is 5.17 Å². The van der Waals surface area contributed by atoms with Crippen LogP contribution in [0, 0.1) is 0 Å². The minimum absolute atomic E-state index is 0.0754. The summed E-state index contributed by atoms with van der Waals surface area (Å²) in [6.07, 6.45) is 0.777. The molecule has 0 spiro atoms. The summed E-state index contributed by atoms with van der Waals surface area (Å²) in [5.74, 6) is 0.0754. The molecule has 1 unspecified atom stereocenters. The normalized spacial score (nSPS) is 20.5. The molecular formula is C17H17N3OS2. The van der Waals surface area contributed by atoms with Gasteiger partial charge in [-0.05, 0) is 36.9 Å². The molecule has 4 nitrogen and oxygen atoms in total. The Morgan fingerprint density at radius 3 is 2.65 bits per heavy atom. The maximum Gasteiger partial charge on any atom is 0.246 e. The molecule has 1 saturated heterocycles. The van der Waals surface area contributed by atoms with Crippen molar-refractivity contribution in [3.8, 4) is 0 Å². The number of hydrogen-bond acceptors (Lipinski definition) is 5. The fraction of sp³-hybridized carbons (Fsp3) is 0.235. The van der Waals surface area contributed by atoms with Crippen molar-refractivity contribution in [2.75, 3.05) is 4.90 Å². The third-order valence-corrected chi connectivity index (χ3v) is 5.76. The standard InChI is InChI=1S/C17H17N3OS2/c1-3-14-16(21)20(13-8-5-4-6-9-13)17(23-14)19-18-12(2)15-10-7-11-22-15/h4-11,14H,3H2,1-2H3/b18-12+,19-17-. The van der Waals surface area contributed by atoms with Gasteiger partial charge < -0.3 is 0 Å². The van der Waals surface area contributed by atoms with Crippen molar-refractivity contribution in [3.63, 3.8) is 0 Å². The molecule has 1 aromatic heterocycles. The zero-order valence-corrected chi connectivity index (χ0v) is 14.6. The number of carbonyl (C=O) groups is 1. The molecule has 1 aliphatic heterocycles. The molecule has 0 saturated carbocycles. The molecule has 1 fully saturated rings. The van der Waals surface area contributed by atoms with Crippen LogP contribution in [0.4, 0.5) is 5.69 Å². The molecule has 1 amide bonds. The maximum absolute atomic E-state index is 12.6. The van der Waals surface area contributed by atoms with Gasteiger partial charge in [0.2, 0.25) is 5.91 Å². The number of nitrogens with zero attached hydrogens (tertiary/aromatic N) is 3. The number of anilines is 1. The van der Waals surface area contributed by atoms with E-state index in [1.54, 1.807) is 16.2 Å². The predicted octanol–water partition coefficient (Wildman–Crippen LogP) is 4.39. The molecule has 1 aromatic carbocycles. The fourth-order valence-corrected chi connectivity index (χ4v) is 3.95. The number of amidine groups is 1. The van der Waals surface area contributed by atoms with Gasteiger partial charge in [-0.2, -0.15) is 5.10 Å². The van der Waals surface area contributed by atoms with Crippen LogP contribution in [-0.4, -0.2) is 22.0 Å². The van der Waals surface area contributed by atoms with Gasteiger partial charge in [0, 0.05) is 0 Å². The summed E-state index contributed by atoms with van der Waals surface area (Å²) >= 11 is 3.11. The van der Waals surface area contributed by atoms with Crippen LogP contribution in [0.3, 0.4) is 0 Å². The second-order valence-corrected chi connectivity index (χ2v) is 7.19. The highest BCUT2D eigenvalue weighted by molar-refractivity contribution is 8.16. The van der Waals surface area contributed by atoms with Gasteiger partial charge in [0.15, 0.2) is 5.17 Å². The minimum Gasteiger partial charge on any atom is -0.273 e. The van der Waals surface area contributed by atoms with Crippen LogP contribution in [0.25, 0.3) is 0 Å². The fourth-order valence-electron chi connectivity index (χ4n) is 2.26. The van der Waals surface area contributed by atoms with E-state index in [-0.39, 0.29) is 11.2 Å². The first kappa shape index (κ1) is 16.0. The summed E-state index contributed by atoms with van der Waals surface area (Å²) in [6, 6.07) is 13.6. The zero-order valence-electron chi connectivity index (χ0n) is 13.0. The summed E-state index contributed by atoms with van der Waals surface area (Å²) in [5.41, 5.74) is 1.69. The molecule has 2 aromatic rings. The molecule has 1 aliphatic rings. The third kappa shape index (κ3) is 3.38. The van der Waals surface area contributed by atoms with Crippen molar-refractivity contribution in [2.45, 2.75) is 25.5 Å². The molecule has 0 N–H and O–H groups in total. The number of thiophene rings is 1. The first-order valence-electron chi connectivity index (χ1n) is 7.42. The van der Waals surface area contributed by atoms with Crippen LogP contribution in [0.15, 0.2) is 58.0 Å². The molecule has 1 atom stereocenters. The second kappa shape index (κ2) is 7.10. The topological polar surface area (TPSA) is 45.0 Å². The third-order valence-electron chi connectivity index (χ3n) is 3.48. The van der Waals surface area contributed by atoms with Crippen LogP contribution in [0.2, 0.25) is 0 Å². The molecule has 6 heteroatoms. The van der Waals surface area contributed by atoms with E-state index in [1.165, 1.54) is 11.8 Å². The van der Waals surface area contributed by atoms with Gasteiger partial charge in [-0.25, -0.2) is 0 Å². The number of thioether (sulfide) groups is 1. The Hall–Kier alpha value is -1.92. The Morgan fingerprint density at radius 1 is 1.22 bits per heavy atom. The Balaban J connectivity index is 1.94. The number of amides is 1. The largest absolute Gasteiger partial charge is 0.273 e. The molecular weight excluding hydrogens is 326 g/mol. The number of hydrogen-bond donors (Lipinski definition) is 0. The summed E-state index contributed by atoms with van der Waals surface area (Å²) in [5, 5.41) is 11.3. The molecule has 23 heavy (non-hydrogen) atoms. The lowest BCUT2D eigenvalue weighted by Crippen LogP contribution is -2.31. The maximum atomic E-state index is 12.6. The minimum atomic E-state index is -0.0915.